The summed E-state index contributed by atoms with van der Waals surface area (Å²) in [4.78, 5) is 4.85. The maximum atomic E-state index is 6.01. The van der Waals surface area contributed by atoms with Crippen LogP contribution in [0.5, 0.6) is 0 Å². The van der Waals surface area contributed by atoms with Gasteiger partial charge in [0.25, 0.3) is 0 Å². The maximum absolute atomic E-state index is 6.01. The average Bonchev–Trinajstić information content (AvgIpc) is 2.76. The predicted octanol–water partition coefficient (Wildman–Crippen LogP) is 2.19. The van der Waals surface area contributed by atoms with E-state index >= 15 is 0 Å². The fourth-order valence-corrected chi connectivity index (χ4v) is 2.77. The normalized spacial score (nSPS) is 20.7. The zero-order chi connectivity index (χ0) is 12.3. The molecule has 1 aliphatic rings. The summed E-state index contributed by atoms with van der Waals surface area (Å²) in [6.07, 6.45) is 2.64. The number of likely N-dealkylation sites (N-methyl/N-ethyl adjacent to an activating group) is 2. The molecule has 1 fully saturated rings. The van der Waals surface area contributed by atoms with E-state index < -0.39 is 0 Å². The minimum Gasteiger partial charge on any atom is -0.397 e. The van der Waals surface area contributed by atoms with Crippen molar-refractivity contribution in [3.05, 3.63) is 24.3 Å². The Labute approximate surface area is 104 Å². The molecule has 94 valence electrons. The van der Waals surface area contributed by atoms with Gasteiger partial charge < -0.3 is 10.6 Å². The standard InChI is InChI=1S/C14H23N3/c1-3-17-10-6-7-12(17)11-16(2)14-9-5-4-8-13(14)15/h4-5,8-9,12H,3,6-7,10-11,15H2,1-2H3. The Morgan fingerprint density at radius 1 is 1.41 bits per heavy atom. The number of nitrogen functional groups attached to an aromatic ring is 1. The van der Waals surface area contributed by atoms with Gasteiger partial charge in [-0.3, -0.25) is 4.90 Å². The molecule has 3 heteroatoms. The number of para-hydroxylation sites is 2. The van der Waals surface area contributed by atoms with Crippen LogP contribution in [0, 0.1) is 0 Å². The van der Waals surface area contributed by atoms with Crippen LogP contribution in [0.2, 0.25) is 0 Å². The quantitative estimate of drug-likeness (QED) is 0.809. The summed E-state index contributed by atoms with van der Waals surface area (Å²) in [6, 6.07) is 8.79. The van der Waals surface area contributed by atoms with Crippen LogP contribution in [0.15, 0.2) is 24.3 Å². The summed E-state index contributed by atoms with van der Waals surface area (Å²) in [7, 11) is 2.14. The molecule has 0 saturated carbocycles. The molecule has 1 heterocycles. The first-order chi connectivity index (χ1) is 8.22. The highest BCUT2D eigenvalue weighted by Gasteiger charge is 2.24. The lowest BCUT2D eigenvalue weighted by Crippen LogP contribution is -2.38. The monoisotopic (exact) mass is 233 g/mol. The Morgan fingerprint density at radius 2 is 2.18 bits per heavy atom. The Bertz CT molecular complexity index is 364. The van der Waals surface area contributed by atoms with E-state index in [1.807, 2.05) is 12.1 Å². The van der Waals surface area contributed by atoms with Crippen LogP contribution >= 0.6 is 0 Å². The summed E-state index contributed by atoms with van der Waals surface area (Å²) in [5, 5.41) is 0. The van der Waals surface area contributed by atoms with E-state index in [-0.39, 0.29) is 0 Å². The molecule has 0 aliphatic carbocycles. The minimum atomic E-state index is 0.685. The van der Waals surface area contributed by atoms with Gasteiger partial charge in [0.05, 0.1) is 11.4 Å². The molecule has 0 amide bonds. The van der Waals surface area contributed by atoms with Crippen molar-refractivity contribution < 1.29 is 0 Å². The van der Waals surface area contributed by atoms with Crippen LogP contribution in [-0.2, 0) is 0 Å². The van der Waals surface area contributed by atoms with Gasteiger partial charge in [-0.05, 0) is 38.1 Å². The molecule has 0 aromatic heterocycles. The second-order valence-electron chi connectivity index (χ2n) is 4.86. The zero-order valence-corrected chi connectivity index (χ0v) is 10.9. The highest BCUT2D eigenvalue weighted by molar-refractivity contribution is 5.66. The number of rotatable bonds is 4. The van der Waals surface area contributed by atoms with Gasteiger partial charge in [-0.2, -0.15) is 0 Å². The molecule has 1 aliphatic heterocycles. The Balaban J connectivity index is 2.01. The average molecular weight is 233 g/mol. The lowest BCUT2D eigenvalue weighted by atomic mass is 10.2. The SMILES string of the molecule is CCN1CCCC1CN(C)c1ccccc1N. The Hall–Kier alpha value is -1.22. The van der Waals surface area contributed by atoms with Crippen molar-refractivity contribution in [3.8, 4) is 0 Å². The van der Waals surface area contributed by atoms with E-state index in [1.54, 1.807) is 0 Å². The lowest BCUT2D eigenvalue weighted by Gasteiger charge is -2.29. The number of anilines is 2. The van der Waals surface area contributed by atoms with Crippen molar-refractivity contribution >= 4 is 11.4 Å². The van der Waals surface area contributed by atoms with Gasteiger partial charge in [-0.15, -0.1) is 0 Å². The minimum absolute atomic E-state index is 0.685. The largest absolute Gasteiger partial charge is 0.397 e. The van der Waals surface area contributed by atoms with E-state index in [9.17, 15) is 0 Å². The highest BCUT2D eigenvalue weighted by Crippen LogP contribution is 2.24. The summed E-state index contributed by atoms with van der Waals surface area (Å²) >= 11 is 0. The van der Waals surface area contributed by atoms with Crippen LogP contribution in [-0.4, -0.2) is 37.6 Å². The van der Waals surface area contributed by atoms with E-state index in [1.165, 1.54) is 19.4 Å². The van der Waals surface area contributed by atoms with E-state index in [2.05, 4.69) is 35.9 Å². The third-order valence-corrected chi connectivity index (χ3v) is 3.74. The van der Waals surface area contributed by atoms with E-state index in [0.717, 1.165) is 24.5 Å². The first-order valence-electron chi connectivity index (χ1n) is 6.52. The van der Waals surface area contributed by atoms with Gasteiger partial charge >= 0.3 is 0 Å². The molecule has 1 atom stereocenters. The van der Waals surface area contributed by atoms with Gasteiger partial charge in [-0.25, -0.2) is 0 Å². The molecule has 1 saturated heterocycles. The van der Waals surface area contributed by atoms with Crippen molar-refractivity contribution in [3.63, 3.8) is 0 Å². The number of hydrogen-bond acceptors (Lipinski definition) is 3. The molecule has 17 heavy (non-hydrogen) atoms. The van der Waals surface area contributed by atoms with Crippen LogP contribution in [0.4, 0.5) is 11.4 Å². The third kappa shape index (κ3) is 2.72. The van der Waals surface area contributed by atoms with Crippen LogP contribution in [0.25, 0.3) is 0 Å². The van der Waals surface area contributed by atoms with Gasteiger partial charge in [0.1, 0.15) is 0 Å². The van der Waals surface area contributed by atoms with Gasteiger partial charge in [-0.1, -0.05) is 19.1 Å². The molecule has 1 aromatic carbocycles. The van der Waals surface area contributed by atoms with E-state index in [0.29, 0.717) is 6.04 Å². The molecular formula is C14H23N3. The van der Waals surface area contributed by atoms with Gasteiger partial charge in [0.2, 0.25) is 0 Å². The first kappa shape index (κ1) is 12.2. The molecule has 1 unspecified atom stereocenters. The predicted molar refractivity (Wildman–Crippen MR) is 74.4 cm³/mol. The summed E-state index contributed by atoms with van der Waals surface area (Å²) < 4.78 is 0. The second-order valence-corrected chi connectivity index (χ2v) is 4.86. The number of nitrogens with zero attached hydrogens (tertiary/aromatic N) is 2. The number of nitrogens with two attached hydrogens (primary N) is 1. The van der Waals surface area contributed by atoms with Crippen molar-refractivity contribution in [2.45, 2.75) is 25.8 Å². The lowest BCUT2D eigenvalue weighted by molar-refractivity contribution is 0.270. The first-order valence-corrected chi connectivity index (χ1v) is 6.52. The molecule has 0 bridgehead atoms. The van der Waals surface area contributed by atoms with Crippen molar-refractivity contribution in [1.29, 1.82) is 0 Å². The summed E-state index contributed by atoms with van der Waals surface area (Å²) in [6.45, 7) is 5.72. The summed E-state index contributed by atoms with van der Waals surface area (Å²) in [5.41, 5.74) is 8.03. The van der Waals surface area contributed by atoms with Crippen LogP contribution in [0.3, 0.4) is 0 Å². The Kier molecular flexibility index (Phi) is 3.89. The van der Waals surface area contributed by atoms with Crippen LogP contribution < -0.4 is 10.6 Å². The molecule has 3 nitrogen and oxygen atoms in total. The number of benzene rings is 1. The number of hydrogen-bond donors (Lipinski definition) is 1. The van der Waals surface area contributed by atoms with Gasteiger partial charge in [0.15, 0.2) is 0 Å². The molecule has 1 aromatic rings. The fraction of sp³-hybridized carbons (Fsp3) is 0.571. The molecule has 0 radical (unpaired) electrons. The summed E-state index contributed by atoms with van der Waals surface area (Å²) in [5.74, 6) is 0. The smallest absolute Gasteiger partial charge is 0.0597 e. The fourth-order valence-electron chi connectivity index (χ4n) is 2.77. The molecular weight excluding hydrogens is 210 g/mol. The number of likely N-dealkylation sites (tertiary alicyclic amines) is 1. The molecule has 2 rings (SSSR count). The second kappa shape index (κ2) is 5.41. The van der Waals surface area contributed by atoms with Gasteiger partial charge in [0, 0.05) is 19.6 Å². The van der Waals surface area contributed by atoms with E-state index in [4.69, 9.17) is 5.73 Å². The van der Waals surface area contributed by atoms with Crippen molar-refractivity contribution in [2.24, 2.45) is 0 Å². The third-order valence-electron chi connectivity index (χ3n) is 3.74. The Morgan fingerprint density at radius 3 is 2.88 bits per heavy atom. The van der Waals surface area contributed by atoms with Crippen molar-refractivity contribution in [2.75, 3.05) is 37.3 Å². The molecule has 0 spiro atoms. The maximum Gasteiger partial charge on any atom is 0.0597 e. The van der Waals surface area contributed by atoms with Crippen molar-refractivity contribution in [1.82, 2.24) is 4.90 Å². The van der Waals surface area contributed by atoms with Crippen LogP contribution in [0.1, 0.15) is 19.8 Å². The zero-order valence-electron chi connectivity index (χ0n) is 10.9. The topological polar surface area (TPSA) is 32.5 Å². The molecule has 2 N–H and O–H groups in total. The highest BCUT2D eigenvalue weighted by atomic mass is 15.2.